The Morgan fingerprint density at radius 2 is 2.22 bits per heavy atom. The summed E-state index contributed by atoms with van der Waals surface area (Å²) in [6, 6.07) is 0. The first kappa shape index (κ1) is 13.4. The summed E-state index contributed by atoms with van der Waals surface area (Å²) in [5.74, 6) is -0.244. The second-order valence-corrected chi connectivity index (χ2v) is 5.24. The molecule has 2 rings (SSSR count). The molecule has 0 amide bonds. The van der Waals surface area contributed by atoms with E-state index >= 15 is 0 Å². The summed E-state index contributed by atoms with van der Waals surface area (Å²) in [4.78, 5) is 11.3. The van der Waals surface area contributed by atoms with Gasteiger partial charge in [0.05, 0.1) is 12.2 Å². The average molecular weight is 272 g/mol. The number of aromatic nitrogens is 2. The van der Waals surface area contributed by atoms with E-state index in [1.54, 1.807) is 6.92 Å². The molecule has 0 bridgehead atoms. The van der Waals surface area contributed by atoms with Crippen molar-refractivity contribution < 1.29 is 19.1 Å². The molecule has 1 aliphatic rings. The SMILES string of the molecule is CCOC(=O)c1nnc(SCC2(O)CCCC2)o1. The normalized spacial score (nSPS) is 17.9. The van der Waals surface area contributed by atoms with Crippen molar-refractivity contribution in [3.8, 4) is 0 Å². The standard InChI is InChI=1S/C11H16N2O4S/c1-2-16-9(14)8-12-13-10(17-8)18-7-11(15)5-3-4-6-11/h15H,2-7H2,1H3. The van der Waals surface area contributed by atoms with Gasteiger partial charge >= 0.3 is 11.9 Å². The summed E-state index contributed by atoms with van der Waals surface area (Å²) in [6.07, 6.45) is 3.71. The smallest absolute Gasteiger partial charge is 0.396 e. The molecule has 0 radical (unpaired) electrons. The van der Waals surface area contributed by atoms with E-state index < -0.39 is 11.6 Å². The maximum atomic E-state index is 11.3. The van der Waals surface area contributed by atoms with Crippen molar-refractivity contribution in [1.29, 1.82) is 0 Å². The first-order valence-corrected chi connectivity index (χ1v) is 6.97. The number of aliphatic hydroxyl groups is 1. The van der Waals surface area contributed by atoms with Gasteiger partial charge in [-0.15, -0.1) is 5.10 Å². The van der Waals surface area contributed by atoms with Gasteiger partial charge in [0.2, 0.25) is 0 Å². The van der Waals surface area contributed by atoms with Crippen LogP contribution < -0.4 is 0 Å². The Morgan fingerprint density at radius 1 is 1.50 bits per heavy atom. The number of hydrogen-bond donors (Lipinski definition) is 1. The highest BCUT2D eigenvalue weighted by atomic mass is 32.2. The van der Waals surface area contributed by atoms with Crippen LogP contribution in [0.25, 0.3) is 0 Å². The lowest BCUT2D eigenvalue weighted by molar-refractivity contribution is 0.0475. The first-order valence-electron chi connectivity index (χ1n) is 5.99. The van der Waals surface area contributed by atoms with Crippen molar-refractivity contribution >= 4 is 17.7 Å². The van der Waals surface area contributed by atoms with E-state index in [0.29, 0.717) is 11.0 Å². The van der Waals surface area contributed by atoms with Gasteiger partial charge in [-0.3, -0.25) is 0 Å². The third-order valence-corrected chi connectivity index (χ3v) is 3.95. The van der Waals surface area contributed by atoms with Crippen molar-refractivity contribution in [1.82, 2.24) is 10.2 Å². The molecule has 0 aromatic carbocycles. The lowest BCUT2D eigenvalue weighted by Crippen LogP contribution is -2.27. The van der Waals surface area contributed by atoms with Gasteiger partial charge in [0.1, 0.15) is 0 Å². The Kier molecular flexibility index (Phi) is 4.23. The van der Waals surface area contributed by atoms with Gasteiger partial charge in [0.15, 0.2) is 0 Å². The average Bonchev–Trinajstić information content (AvgIpc) is 2.96. The van der Waals surface area contributed by atoms with Gasteiger partial charge in [-0.2, -0.15) is 0 Å². The number of hydrogen-bond acceptors (Lipinski definition) is 7. The highest BCUT2D eigenvalue weighted by Crippen LogP contribution is 2.34. The summed E-state index contributed by atoms with van der Waals surface area (Å²) in [6.45, 7) is 1.98. The van der Waals surface area contributed by atoms with Crippen molar-refractivity contribution in [2.75, 3.05) is 12.4 Å². The number of carbonyl (C=O) groups is 1. The van der Waals surface area contributed by atoms with E-state index in [1.165, 1.54) is 11.8 Å². The highest BCUT2D eigenvalue weighted by molar-refractivity contribution is 7.99. The third kappa shape index (κ3) is 3.23. The Balaban J connectivity index is 1.88. The Labute approximate surface area is 109 Å². The van der Waals surface area contributed by atoms with Crippen molar-refractivity contribution in [2.45, 2.75) is 43.4 Å². The predicted molar refractivity (Wildman–Crippen MR) is 64.4 cm³/mol. The predicted octanol–water partition coefficient (Wildman–Crippen LogP) is 1.64. The minimum absolute atomic E-state index is 0.141. The number of thioether (sulfide) groups is 1. The molecule has 1 aromatic rings. The fourth-order valence-electron chi connectivity index (χ4n) is 1.92. The molecule has 1 aromatic heterocycles. The zero-order chi connectivity index (χ0) is 13.0. The van der Waals surface area contributed by atoms with Crippen molar-refractivity contribution in [3.63, 3.8) is 0 Å². The Morgan fingerprint density at radius 3 is 2.89 bits per heavy atom. The van der Waals surface area contributed by atoms with Crippen LogP contribution in [0.4, 0.5) is 0 Å². The van der Waals surface area contributed by atoms with E-state index in [-0.39, 0.29) is 12.5 Å². The second kappa shape index (κ2) is 5.71. The molecule has 18 heavy (non-hydrogen) atoms. The Hall–Kier alpha value is -1.08. The van der Waals surface area contributed by atoms with E-state index in [4.69, 9.17) is 9.15 Å². The molecule has 0 saturated heterocycles. The molecule has 1 saturated carbocycles. The van der Waals surface area contributed by atoms with Crippen LogP contribution >= 0.6 is 11.8 Å². The van der Waals surface area contributed by atoms with Crippen LogP contribution in [0.1, 0.15) is 43.3 Å². The molecule has 1 heterocycles. The topological polar surface area (TPSA) is 85.5 Å². The molecular weight excluding hydrogens is 256 g/mol. The van der Waals surface area contributed by atoms with Gasteiger partial charge in [-0.25, -0.2) is 4.79 Å². The summed E-state index contributed by atoms with van der Waals surface area (Å²) >= 11 is 1.27. The highest BCUT2D eigenvalue weighted by Gasteiger charge is 2.31. The van der Waals surface area contributed by atoms with Gasteiger partial charge < -0.3 is 14.3 Å². The summed E-state index contributed by atoms with van der Waals surface area (Å²) in [5.41, 5.74) is -0.636. The lowest BCUT2D eigenvalue weighted by Gasteiger charge is -2.19. The fraction of sp³-hybridized carbons (Fsp3) is 0.727. The molecule has 0 atom stereocenters. The molecule has 1 N–H and O–H groups in total. The van der Waals surface area contributed by atoms with Gasteiger partial charge in [-0.1, -0.05) is 29.7 Å². The summed E-state index contributed by atoms with van der Waals surface area (Å²) < 4.78 is 9.90. The number of ether oxygens (including phenoxy) is 1. The van der Waals surface area contributed by atoms with Crippen LogP contribution in [0, 0.1) is 0 Å². The zero-order valence-corrected chi connectivity index (χ0v) is 11.0. The molecule has 1 aliphatic carbocycles. The van der Waals surface area contributed by atoms with Crippen LogP contribution in [-0.2, 0) is 4.74 Å². The van der Waals surface area contributed by atoms with Crippen LogP contribution in [0.15, 0.2) is 9.64 Å². The van der Waals surface area contributed by atoms with E-state index in [9.17, 15) is 9.90 Å². The van der Waals surface area contributed by atoms with E-state index in [2.05, 4.69) is 10.2 Å². The van der Waals surface area contributed by atoms with Crippen LogP contribution in [0.3, 0.4) is 0 Å². The number of esters is 1. The fourth-order valence-corrected chi connectivity index (χ4v) is 2.83. The van der Waals surface area contributed by atoms with Crippen LogP contribution in [0.2, 0.25) is 0 Å². The van der Waals surface area contributed by atoms with E-state index in [0.717, 1.165) is 25.7 Å². The maximum absolute atomic E-state index is 11.3. The largest absolute Gasteiger partial charge is 0.459 e. The molecule has 7 heteroatoms. The quantitative estimate of drug-likeness (QED) is 0.644. The molecule has 0 unspecified atom stereocenters. The Bertz CT molecular complexity index is 415. The first-order chi connectivity index (χ1) is 8.63. The molecular formula is C11H16N2O4S. The molecule has 100 valence electrons. The second-order valence-electron chi connectivity index (χ2n) is 4.31. The third-order valence-electron chi connectivity index (χ3n) is 2.86. The molecule has 6 nitrogen and oxygen atoms in total. The molecule has 1 fully saturated rings. The number of rotatable bonds is 5. The van der Waals surface area contributed by atoms with Crippen LogP contribution in [-0.4, -0.2) is 39.2 Å². The van der Waals surface area contributed by atoms with E-state index in [1.807, 2.05) is 0 Å². The summed E-state index contributed by atoms with van der Waals surface area (Å²) in [5, 5.41) is 17.8. The van der Waals surface area contributed by atoms with Crippen LogP contribution in [0.5, 0.6) is 0 Å². The van der Waals surface area contributed by atoms with Gasteiger partial charge in [-0.05, 0) is 19.8 Å². The minimum atomic E-state index is -0.636. The lowest BCUT2D eigenvalue weighted by atomic mass is 10.1. The zero-order valence-electron chi connectivity index (χ0n) is 10.2. The maximum Gasteiger partial charge on any atom is 0.396 e. The number of carbonyl (C=O) groups excluding carboxylic acids is 1. The molecule has 0 spiro atoms. The number of nitrogens with zero attached hydrogens (tertiary/aromatic N) is 2. The van der Waals surface area contributed by atoms with Crippen molar-refractivity contribution in [2.24, 2.45) is 0 Å². The monoisotopic (exact) mass is 272 g/mol. The van der Waals surface area contributed by atoms with Crippen molar-refractivity contribution in [3.05, 3.63) is 5.89 Å². The minimum Gasteiger partial charge on any atom is -0.459 e. The van der Waals surface area contributed by atoms with Gasteiger partial charge in [0, 0.05) is 5.75 Å². The van der Waals surface area contributed by atoms with Gasteiger partial charge in [0.25, 0.3) is 5.22 Å². The summed E-state index contributed by atoms with van der Waals surface area (Å²) in [7, 11) is 0. The molecule has 0 aliphatic heterocycles.